The fraction of sp³-hybridized carbons (Fsp3) is 0.214. The third kappa shape index (κ3) is 4.89. The van der Waals surface area contributed by atoms with Crippen LogP contribution >= 0.6 is 24.8 Å². The molecule has 0 atom stereocenters. The van der Waals surface area contributed by atoms with Crippen LogP contribution in [0.25, 0.3) is 0 Å². The fourth-order valence-electron chi connectivity index (χ4n) is 1.60. The van der Waals surface area contributed by atoms with E-state index in [0.29, 0.717) is 24.7 Å². The van der Waals surface area contributed by atoms with Gasteiger partial charge in [-0.15, -0.1) is 24.8 Å². The molecule has 0 amide bonds. The Kier molecular flexibility index (Phi) is 8.72. The van der Waals surface area contributed by atoms with Gasteiger partial charge in [0.15, 0.2) is 11.5 Å². The van der Waals surface area contributed by atoms with Crippen molar-refractivity contribution >= 4 is 24.8 Å². The maximum atomic E-state index is 5.71. The monoisotopic (exact) mass is 316 g/mol. The quantitative estimate of drug-likeness (QED) is 0.921. The molecule has 0 aliphatic heterocycles. The smallest absolute Gasteiger partial charge is 0.161 e. The number of benzene rings is 1. The highest BCUT2D eigenvalue weighted by atomic mass is 35.5. The largest absolute Gasteiger partial charge is 0.493 e. The van der Waals surface area contributed by atoms with Crippen LogP contribution in [0.4, 0.5) is 0 Å². The Hall–Kier alpha value is -1.49. The summed E-state index contributed by atoms with van der Waals surface area (Å²) in [6.07, 6.45) is 3.51. The number of pyridine rings is 1. The first kappa shape index (κ1) is 18.5. The molecule has 1 heterocycles. The zero-order chi connectivity index (χ0) is 12.8. The highest BCUT2D eigenvalue weighted by molar-refractivity contribution is 5.85. The summed E-state index contributed by atoms with van der Waals surface area (Å²) in [5.41, 5.74) is 7.61. The van der Waals surface area contributed by atoms with Crippen molar-refractivity contribution < 1.29 is 9.47 Å². The van der Waals surface area contributed by atoms with Gasteiger partial charge in [-0.05, 0) is 23.8 Å². The Bertz CT molecular complexity index is 510. The molecule has 6 heteroatoms. The third-order valence-corrected chi connectivity index (χ3v) is 2.58. The van der Waals surface area contributed by atoms with Crippen LogP contribution in [0.5, 0.6) is 11.5 Å². The van der Waals surface area contributed by atoms with Crippen molar-refractivity contribution in [3.63, 3.8) is 0 Å². The van der Waals surface area contributed by atoms with Crippen LogP contribution in [0.15, 0.2) is 42.7 Å². The minimum atomic E-state index is 0. The van der Waals surface area contributed by atoms with Gasteiger partial charge in [-0.1, -0.05) is 12.1 Å². The summed E-state index contributed by atoms with van der Waals surface area (Å²) in [6, 6.07) is 9.54. The van der Waals surface area contributed by atoms with Gasteiger partial charge in [-0.2, -0.15) is 0 Å². The number of nitrogens with two attached hydrogens (primary N) is 1. The standard InChI is InChI=1S/C14H16N2O2.2ClH/c1-17-14-7-11(8-15)4-5-13(14)18-10-12-3-2-6-16-9-12;;/h2-7,9H,8,10,15H2,1H3;2*1H. The summed E-state index contributed by atoms with van der Waals surface area (Å²) >= 11 is 0. The average molecular weight is 317 g/mol. The number of hydrogen-bond donors (Lipinski definition) is 1. The lowest BCUT2D eigenvalue weighted by atomic mass is 10.2. The number of halogens is 2. The number of aromatic nitrogens is 1. The maximum absolute atomic E-state index is 5.71. The first-order chi connectivity index (χ1) is 8.83. The van der Waals surface area contributed by atoms with Gasteiger partial charge < -0.3 is 15.2 Å². The molecule has 4 nitrogen and oxygen atoms in total. The Morgan fingerprint density at radius 2 is 1.90 bits per heavy atom. The molecule has 110 valence electrons. The molecular formula is C14H18Cl2N2O2. The van der Waals surface area contributed by atoms with E-state index >= 15 is 0 Å². The molecule has 0 fully saturated rings. The van der Waals surface area contributed by atoms with Crippen molar-refractivity contribution in [2.24, 2.45) is 5.73 Å². The lowest BCUT2D eigenvalue weighted by Crippen LogP contribution is -2.00. The summed E-state index contributed by atoms with van der Waals surface area (Å²) in [6.45, 7) is 0.950. The van der Waals surface area contributed by atoms with Gasteiger partial charge in [0, 0.05) is 24.5 Å². The van der Waals surface area contributed by atoms with Gasteiger partial charge >= 0.3 is 0 Å². The topological polar surface area (TPSA) is 57.4 Å². The number of hydrogen-bond acceptors (Lipinski definition) is 4. The van der Waals surface area contributed by atoms with Gasteiger partial charge in [0.25, 0.3) is 0 Å². The van der Waals surface area contributed by atoms with E-state index in [0.717, 1.165) is 11.1 Å². The summed E-state index contributed by atoms with van der Waals surface area (Å²) in [5.74, 6) is 1.40. The first-order valence-corrected chi connectivity index (χ1v) is 5.72. The molecule has 0 aliphatic rings. The molecule has 0 spiro atoms. The Balaban J connectivity index is 0.00000180. The van der Waals surface area contributed by atoms with Crippen LogP contribution in [-0.4, -0.2) is 12.1 Å². The molecule has 0 saturated heterocycles. The highest BCUT2D eigenvalue weighted by Crippen LogP contribution is 2.28. The van der Waals surface area contributed by atoms with Crippen LogP contribution in [0, 0.1) is 0 Å². The zero-order valence-corrected chi connectivity index (χ0v) is 12.7. The Morgan fingerprint density at radius 1 is 1.10 bits per heavy atom. The van der Waals surface area contributed by atoms with Crippen LogP contribution in [0.2, 0.25) is 0 Å². The van der Waals surface area contributed by atoms with E-state index in [9.17, 15) is 0 Å². The molecular weight excluding hydrogens is 299 g/mol. The van der Waals surface area contributed by atoms with Gasteiger partial charge in [-0.25, -0.2) is 0 Å². The van der Waals surface area contributed by atoms with Gasteiger partial charge in [0.2, 0.25) is 0 Å². The molecule has 20 heavy (non-hydrogen) atoms. The zero-order valence-electron chi connectivity index (χ0n) is 11.1. The molecule has 2 aromatic rings. The summed E-state index contributed by atoms with van der Waals surface area (Å²) in [7, 11) is 1.62. The predicted octanol–water partition coefficient (Wildman–Crippen LogP) is 2.97. The second-order valence-electron chi connectivity index (χ2n) is 3.84. The second kappa shape index (κ2) is 9.42. The Morgan fingerprint density at radius 3 is 2.50 bits per heavy atom. The molecule has 0 unspecified atom stereocenters. The molecule has 1 aromatic heterocycles. The Labute approximate surface area is 131 Å². The molecule has 1 aromatic carbocycles. The van der Waals surface area contributed by atoms with Crippen LogP contribution < -0.4 is 15.2 Å². The van der Waals surface area contributed by atoms with Crippen molar-refractivity contribution in [1.29, 1.82) is 0 Å². The van der Waals surface area contributed by atoms with E-state index in [1.165, 1.54) is 0 Å². The molecule has 2 rings (SSSR count). The van der Waals surface area contributed by atoms with Crippen molar-refractivity contribution in [3.8, 4) is 11.5 Å². The van der Waals surface area contributed by atoms with E-state index in [1.807, 2.05) is 30.3 Å². The number of rotatable bonds is 5. The first-order valence-electron chi connectivity index (χ1n) is 5.72. The average Bonchev–Trinajstić information content (AvgIpc) is 2.46. The number of nitrogens with zero attached hydrogens (tertiary/aromatic N) is 1. The van der Waals surface area contributed by atoms with Gasteiger partial charge in [0.05, 0.1) is 7.11 Å². The minimum Gasteiger partial charge on any atom is -0.493 e. The van der Waals surface area contributed by atoms with Crippen molar-refractivity contribution in [2.75, 3.05) is 7.11 Å². The molecule has 0 bridgehead atoms. The molecule has 0 saturated carbocycles. The van der Waals surface area contributed by atoms with E-state index < -0.39 is 0 Å². The number of methoxy groups -OCH3 is 1. The van der Waals surface area contributed by atoms with Crippen molar-refractivity contribution in [2.45, 2.75) is 13.2 Å². The van der Waals surface area contributed by atoms with Crippen LogP contribution in [0.1, 0.15) is 11.1 Å². The second-order valence-corrected chi connectivity index (χ2v) is 3.84. The van der Waals surface area contributed by atoms with E-state index in [4.69, 9.17) is 15.2 Å². The number of ether oxygens (including phenoxy) is 2. The van der Waals surface area contributed by atoms with Gasteiger partial charge in [-0.3, -0.25) is 4.98 Å². The summed E-state index contributed by atoms with van der Waals surface area (Å²) in [5, 5.41) is 0. The van der Waals surface area contributed by atoms with E-state index in [-0.39, 0.29) is 24.8 Å². The summed E-state index contributed by atoms with van der Waals surface area (Å²) in [4.78, 5) is 4.04. The summed E-state index contributed by atoms with van der Waals surface area (Å²) < 4.78 is 11.0. The fourth-order valence-corrected chi connectivity index (χ4v) is 1.60. The molecule has 0 radical (unpaired) electrons. The highest BCUT2D eigenvalue weighted by Gasteiger charge is 2.05. The van der Waals surface area contributed by atoms with E-state index in [1.54, 1.807) is 19.5 Å². The van der Waals surface area contributed by atoms with Crippen molar-refractivity contribution in [3.05, 3.63) is 53.9 Å². The molecule has 0 aliphatic carbocycles. The SMILES string of the molecule is COc1cc(CN)ccc1OCc1cccnc1.Cl.Cl. The third-order valence-electron chi connectivity index (χ3n) is 2.58. The lowest BCUT2D eigenvalue weighted by molar-refractivity contribution is 0.284. The predicted molar refractivity (Wildman–Crippen MR) is 84.0 cm³/mol. The van der Waals surface area contributed by atoms with E-state index in [2.05, 4.69) is 4.98 Å². The van der Waals surface area contributed by atoms with Crippen molar-refractivity contribution in [1.82, 2.24) is 4.98 Å². The minimum absolute atomic E-state index is 0. The van der Waals surface area contributed by atoms with Crippen LogP contribution in [-0.2, 0) is 13.2 Å². The maximum Gasteiger partial charge on any atom is 0.161 e. The van der Waals surface area contributed by atoms with Gasteiger partial charge in [0.1, 0.15) is 6.61 Å². The molecule has 2 N–H and O–H groups in total. The lowest BCUT2D eigenvalue weighted by Gasteiger charge is -2.11. The normalized spacial score (nSPS) is 9.10. The van der Waals surface area contributed by atoms with Crippen LogP contribution in [0.3, 0.4) is 0 Å².